The highest BCUT2D eigenvalue weighted by Gasteiger charge is 2.26. The number of rotatable bonds is 8. The molecule has 8 nitrogen and oxygen atoms in total. The van der Waals surface area contributed by atoms with E-state index in [4.69, 9.17) is 11.6 Å². The van der Waals surface area contributed by atoms with E-state index in [0.29, 0.717) is 18.0 Å². The van der Waals surface area contributed by atoms with Crippen LogP contribution >= 0.6 is 22.9 Å². The van der Waals surface area contributed by atoms with Crippen LogP contribution in [0.2, 0.25) is 5.02 Å². The van der Waals surface area contributed by atoms with Crippen molar-refractivity contribution in [3.05, 3.63) is 50.2 Å². The maximum atomic E-state index is 13.0. The van der Waals surface area contributed by atoms with Crippen LogP contribution in [-0.2, 0) is 16.4 Å². The molecule has 1 aromatic carbocycles. The summed E-state index contributed by atoms with van der Waals surface area (Å²) in [4.78, 5) is 32.8. The van der Waals surface area contributed by atoms with E-state index in [1.54, 1.807) is 11.0 Å². The average molecular weight is 527 g/mol. The minimum absolute atomic E-state index is 0.0376. The van der Waals surface area contributed by atoms with Crippen molar-refractivity contribution in [3.63, 3.8) is 0 Å². The molecule has 2 aromatic rings. The second-order valence-electron chi connectivity index (χ2n) is 8.56. The number of piperazine rings is 1. The number of carbonyl (C=O) groups excluding carboxylic acids is 2. The Morgan fingerprint density at radius 2 is 1.82 bits per heavy atom. The Hall–Kier alpha value is -1.98. The van der Waals surface area contributed by atoms with Gasteiger partial charge in [0.25, 0.3) is 21.8 Å². The first-order valence-electron chi connectivity index (χ1n) is 11.1. The second-order valence-corrected chi connectivity index (χ2v) is 11.9. The van der Waals surface area contributed by atoms with Crippen LogP contribution in [0.1, 0.15) is 37.4 Å². The van der Waals surface area contributed by atoms with Gasteiger partial charge in [-0.25, -0.2) is 13.1 Å². The van der Waals surface area contributed by atoms with Crippen molar-refractivity contribution in [1.29, 1.82) is 0 Å². The monoisotopic (exact) mass is 526 g/mol. The number of likely N-dealkylation sites (N-methyl/N-ethyl adjacent to an activating group) is 1. The lowest BCUT2D eigenvalue weighted by Gasteiger charge is -2.35. The zero-order valence-electron chi connectivity index (χ0n) is 19.9. The third-order valence-electron chi connectivity index (χ3n) is 5.86. The quantitative estimate of drug-likeness (QED) is 0.569. The summed E-state index contributed by atoms with van der Waals surface area (Å²) in [5.74, 6) is -0.914. The van der Waals surface area contributed by atoms with Crippen molar-refractivity contribution < 1.29 is 18.0 Å². The summed E-state index contributed by atoms with van der Waals surface area (Å²) < 4.78 is 27.6. The van der Waals surface area contributed by atoms with Crippen molar-refractivity contribution in [2.75, 3.05) is 53.4 Å². The summed E-state index contributed by atoms with van der Waals surface area (Å²) in [5, 5.41) is 0.0376. The Labute approximate surface area is 210 Å². The van der Waals surface area contributed by atoms with Crippen LogP contribution in [0.25, 0.3) is 0 Å². The number of thiophene rings is 1. The highest BCUT2D eigenvalue weighted by Crippen LogP contribution is 2.25. The zero-order chi connectivity index (χ0) is 25.0. The molecule has 0 unspecified atom stereocenters. The molecule has 0 atom stereocenters. The van der Waals surface area contributed by atoms with E-state index in [-0.39, 0.29) is 21.4 Å². The van der Waals surface area contributed by atoms with Gasteiger partial charge in [-0.1, -0.05) is 18.5 Å². The molecule has 11 heteroatoms. The number of benzene rings is 1. The lowest BCUT2D eigenvalue weighted by Crippen LogP contribution is -2.50. The number of carbonyl (C=O) groups is 2. The lowest BCUT2D eigenvalue weighted by atomic mass is 10.1. The Bertz CT molecular complexity index is 1160. The Kier molecular flexibility index (Phi) is 8.75. The molecule has 34 heavy (non-hydrogen) atoms. The maximum absolute atomic E-state index is 13.0. The zero-order valence-corrected chi connectivity index (χ0v) is 22.3. The third kappa shape index (κ3) is 6.37. The molecule has 0 radical (unpaired) electrons. The summed E-state index contributed by atoms with van der Waals surface area (Å²) in [6.45, 7) is 8.49. The standard InChI is InChI=1S/C23H31ClN4O4S2/c1-5-17-14-21(33-16(17)2)22(29)25-34(31,32)18-6-7-19(20(24)15-18)23(30)28-12-10-27(11-13-28)9-8-26(3)4/h6-7,14-15H,5,8-13H2,1-4H3,(H,25,29). The van der Waals surface area contributed by atoms with Crippen LogP contribution in [0, 0.1) is 6.92 Å². The van der Waals surface area contributed by atoms with Crippen LogP contribution < -0.4 is 4.72 Å². The topological polar surface area (TPSA) is 90.0 Å². The van der Waals surface area contributed by atoms with Gasteiger partial charge in [-0.3, -0.25) is 14.5 Å². The number of amides is 2. The van der Waals surface area contributed by atoms with E-state index in [9.17, 15) is 18.0 Å². The fourth-order valence-electron chi connectivity index (χ4n) is 3.74. The first-order valence-corrected chi connectivity index (χ1v) is 13.8. The van der Waals surface area contributed by atoms with Gasteiger partial charge >= 0.3 is 0 Å². The fourth-order valence-corrected chi connectivity index (χ4v) is 6.13. The number of halogens is 1. The molecule has 1 aliphatic heterocycles. The number of sulfonamides is 1. The lowest BCUT2D eigenvalue weighted by molar-refractivity contribution is 0.0629. The molecule has 3 rings (SSSR count). The number of hydrogen-bond donors (Lipinski definition) is 1. The summed E-state index contributed by atoms with van der Waals surface area (Å²) in [5.41, 5.74) is 1.26. The molecule has 2 amide bonds. The molecular formula is C23H31ClN4O4S2. The summed E-state index contributed by atoms with van der Waals surface area (Å²) in [7, 11) is -0.0811. The Morgan fingerprint density at radius 3 is 2.38 bits per heavy atom. The fraction of sp³-hybridized carbons (Fsp3) is 0.478. The van der Waals surface area contributed by atoms with Crippen LogP contribution in [-0.4, -0.2) is 88.3 Å². The second kappa shape index (κ2) is 11.2. The highest BCUT2D eigenvalue weighted by molar-refractivity contribution is 7.90. The van der Waals surface area contributed by atoms with Crippen LogP contribution in [0.3, 0.4) is 0 Å². The maximum Gasteiger partial charge on any atom is 0.275 e. The van der Waals surface area contributed by atoms with Gasteiger partial charge in [0, 0.05) is 44.1 Å². The average Bonchev–Trinajstić information content (AvgIpc) is 3.18. The molecule has 2 heterocycles. The van der Waals surface area contributed by atoms with Gasteiger partial charge < -0.3 is 9.80 Å². The van der Waals surface area contributed by atoms with Gasteiger partial charge in [0.2, 0.25) is 0 Å². The van der Waals surface area contributed by atoms with E-state index < -0.39 is 15.9 Å². The predicted octanol–water partition coefficient (Wildman–Crippen LogP) is 2.71. The van der Waals surface area contributed by atoms with E-state index in [2.05, 4.69) is 14.5 Å². The van der Waals surface area contributed by atoms with Crippen LogP contribution in [0.4, 0.5) is 0 Å². The van der Waals surface area contributed by atoms with E-state index in [1.807, 2.05) is 27.9 Å². The van der Waals surface area contributed by atoms with Crippen molar-refractivity contribution in [2.45, 2.75) is 25.2 Å². The minimum Gasteiger partial charge on any atom is -0.336 e. The molecular weight excluding hydrogens is 496 g/mol. The highest BCUT2D eigenvalue weighted by atomic mass is 35.5. The van der Waals surface area contributed by atoms with E-state index >= 15 is 0 Å². The number of hydrogen-bond acceptors (Lipinski definition) is 7. The van der Waals surface area contributed by atoms with Crippen LogP contribution in [0.15, 0.2) is 29.2 Å². The summed E-state index contributed by atoms with van der Waals surface area (Å²) in [6, 6.07) is 5.64. The molecule has 1 aliphatic rings. The molecule has 0 bridgehead atoms. The molecule has 0 saturated carbocycles. The summed E-state index contributed by atoms with van der Waals surface area (Å²) >= 11 is 7.57. The van der Waals surface area contributed by atoms with Gasteiger partial charge in [0.15, 0.2) is 0 Å². The van der Waals surface area contributed by atoms with Gasteiger partial charge in [-0.05, 0) is 57.3 Å². The molecule has 1 saturated heterocycles. The van der Waals surface area contributed by atoms with Gasteiger partial charge in [0.1, 0.15) is 0 Å². The number of nitrogens with one attached hydrogen (secondary N) is 1. The molecule has 1 fully saturated rings. The Balaban J connectivity index is 1.66. The van der Waals surface area contributed by atoms with Crippen molar-refractivity contribution in [1.82, 2.24) is 19.4 Å². The third-order valence-corrected chi connectivity index (χ3v) is 8.59. The smallest absolute Gasteiger partial charge is 0.275 e. The molecule has 1 aromatic heterocycles. The summed E-state index contributed by atoms with van der Waals surface area (Å²) in [6.07, 6.45) is 0.762. The molecule has 1 N–H and O–H groups in total. The minimum atomic E-state index is -4.14. The SMILES string of the molecule is CCc1cc(C(=O)NS(=O)(=O)c2ccc(C(=O)N3CCN(CCN(C)C)CC3)c(Cl)c2)sc1C. The number of aryl methyl sites for hydroxylation is 2. The van der Waals surface area contributed by atoms with Gasteiger partial charge in [-0.2, -0.15) is 0 Å². The van der Waals surface area contributed by atoms with E-state index in [1.165, 1.54) is 29.5 Å². The van der Waals surface area contributed by atoms with Gasteiger partial charge in [-0.15, -0.1) is 11.3 Å². The van der Waals surface area contributed by atoms with Crippen molar-refractivity contribution in [3.8, 4) is 0 Å². The molecule has 0 aliphatic carbocycles. The molecule has 186 valence electrons. The number of nitrogens with zero attached hydrogens (tertiary/aromatic N) is 3. The van der Waals surface area contributed by atoms with Crippen molar-refractivity contribution in [2.24, 2.45) is 0 Å². The first kappa shape index (κ1) is 26.6. The Morgan fingerprint density at radius 1 is 1.15 bits per heavy atom. The van der Waals surface area contributed by atoms with Gasteiger partial charge in [0.05, 0.1) is 20.4 Å². The largest absolute Gasteiger partial charge is 0.336 e. The van der Waals surface area contributed by atoms with E-state index in [0.717, 1.165) is 43.0 Å². The first-order chi connectivity index (χ1) is 16.0. The predicted molar refractivity (Wildman–Crippen MR) is 135 cm³/mol. The molecule has 0 spiro atoms. The normalized spacial score (nSPS) is 15.1. The van der Waals surface area contributed by atoms with Crippen molar-refractivity contribution >= 4 is 44.8 Å². The van der Waals surface area contributed by atoms with Crippen LogP contribution in [0.5, 0.6) is 0 Å².